The first kappa shape index (κ1) is 49.4. The van der Waals surface area contributed by atoms with Gasteiger partial charge in [0.25, 0.3) is 0 Å². The Bertz CT molecular complexity index is 937. The first-order valence-corrected chi connectivity index (χ1v) is 21.8. The minimum Gasteiger partial charge on any atom is -0.480 e. The van der Waals surface area contributed by atoms with Crippen LogP contribution in [0.1, 0.15) is 213 Å². The van der Waals surface area contributed by atoms with E-state index in [0.29, 0.717) is 12.8 Å². The first-order chi connectivity index (χ1) is 25.5. The molecule has 0 bridgehead atoms. The second-order valence-electron chi connectivity index (χ2n) is 14.6. The second-order valence-corrected chi connectivity index (χ2v) is 14.6. The Morgan fingerprint density at radius 1 is 0.519 bits per heavy atom. The van der Waals surface area contributed by atoms with Gasteiger partial charge < -0.3 is 15.2 Å². The molecule has 300 valence electrons. The summed E-state index contributed by atoms with van der Waals surface area (Å²) in [6.45, 7) is 4.11. The molecule has 6 heteroatoms. The normalized spacial score (nSPS) is 12.5. The van der Waals surface area contributed by atoms with E-state index in [2.05, 4.69) is 67.8 Å². The fourth-order valence-corrected chi connectivity index (χ4v) is 6.33. The quantitative estimate of drug-likeness (QED) is 0.0373. The van der Waals surface area contributed by atoms with Crippen molar-refractivity contribution in [2.45, 2.75) is 219 Å². The average molecular weight is 728 g/mol. The van der Waals surface area contributed by atoms with Crippen molar-refractivity contribution in [1.29, 1.82) is 0 Å². The van der Waals surface area contributed by atoms with Crippen LogP contribution in [0.4, 0.5) is 0 Å². The molecule has 0 fully saturated rings. The highest BCUT2D eigenvalue weighted by Gasteiger charge is 2.14. The molecule has 0 rings (SSSR count). The number of carbonyl (C=O) groups excluding carboxylic acids is 2. The van der Waals surface area contributed by atoms with Gasteiger partial charge in [-0.3, -0.25) is 14.4 Å². The lowest BCUT2D eigenvalue weighted by Crippen LogP contribution is -2.28. The van der Waals surface area contributed by atoms with Crippen LogP contribution in [0, 0.1) is 0 Å². The zero-order valence-electron chi connectivity index (χ0n) is 33.9. The smallest absolute Gasteiger partial charge is 0.322 e. The third kappa shape index (κ3) is 40.1. The van der Waals surface area contributed by atoms with E-state index >= 15 is 0 Å². The predicted octanol–water partition coefficient (Wildman–Crippen LogP) is 13.5. The van der Waals surface area contributed by atoms with Crippen LogP contribution in [-0.2, 0) is 19.1 Å². The van der Waals surface area contributed by atoms with Crippen molar-refractivity contribution < 1.29 is 24.2 Å². The van der Waals surface area contributed by atoms with Gasteiger partial charge in [-0.05, 0) is 64.2 Å². The summed E-state index contributed by atoms with van der Waals surface area (Å²) < 4.78 is 5.99. The molecule has 0 radical (unpaired) electrons. The summed E-state index contributed by atoms with van der Waals surface area (Å²) in [6.07, 6.45) is 52.4. The maximum Gasteiger partial charge on any atom is 0.322 e. The summed E-state index contributed by atoms with van der Waals surface area (Å²) in [5, 5.41) is 11.1. The Morgan fingerprint density at radius 3 is 1.42 bits per heavy atom. The van der Waals surface area contributed by atoms with E-state index in [4.69, 9.17) is 9.84 Å². The summed E-state index contributed by atoms with van der Waals surface area (Å²) in [5.41, 5.74) is 0. The molecule has 0 aromatic rings. The fraction of sp³-hybridized carbons (Fsp3) is 0.761. The first-order valence-electron chi connectivity index (χ1n) is 21.8. The molecule has 0 saturated heterocycles. The fourth-order valence-electron chi connectivity index (χ4n) is 6.33. The highest BCUT2D eigenvalue weighted by atomic mass is 16.5. The van der Waals surface area contributed by atoms with Gasteiger partial charge >= 0.3 is 11.9 Å². The predicted molar refractivity (Wildman–Crippen MR) is 222 cm³/mol. The molecule has 1 unspecified atom stereocenters. The van der Waals surface area contributed by atoms with Crippen LogP contribution in [0.3, 0.4) is 0 Å². The Labute approximate surface area is 320 Å². The number of esters is 1. The summed E-state index contributed by atoms with van der Waals surface area (Å²) in [5.74, 6) is -1.28. The van der Waals surface area contributed by atoms with Gasteiger partial charge in [-0.25, -0.2) is 0 Å². The van der Waals surface area contributed by atoms with Crippen molar-refractivity contribution in [1.82, 2.24) is 5.32 Å². The summed E-state index contributed by atoms with van der Waals surface area (Å²) in [4.78, 5) is 35.0. The van der Waals surface area contributed by atoms with Gasteiger partial charge in [0, 0.05) is 12.8 Å². The number of hydrogen-bond acceptors (Lipinski definition) is 4. The van der Waals surface area contributed by atoms with Crippen LogP contribution in [0.2, 0.25) is 0 Å². The highest BCUT2D eigenvalue weighted by molar-refractivity contribution is 5.80. The average Bonchev–Trinajstić information content (AvgIpc) is 3.13. The van der Waals surface area contributed by atoms with E-state index in [1.54, 1.807) is 0 Å². The number of rotatable bonds is 39. The SMILES string of the molecule is CC/C=C\C/C=C\C/C=C\C/C=C\CCC(CCCCCCCC(=O)NCC(=O)O)OC(=O)CCCCCCCCCCCCCCCCCCC. The zero-order valence-corrected chi connectivity index (χ0v) is 33.9. The van der Waals surface area contributed by atoms with Crippen molar-refractivity contribution in [2.24, 2.45) is 0 Å². The largest absolute Gasteiger partial charge is 0.480 e. The standard InChI is InChI=1S/C46H81NO5/c1-3-5-7-9-11-13-15-17-18-19-20-22-24-26-28-33-37-41-46(51)52-43(39-35-31-29-32-36-40-44(48)47-42-45(49)50)38-34-30-27-25-23-21-16-14-12-10-8-6-4-2/h6,8,12,14,21,23,27,30,43H,3-5,7,9-11,13,15-20,22,24-26,28-29,31-42H2,1-2H3,(H,47,48)(H,49,50)/b8-6-,14-12-,23-21-,30-27-. The van der Waals surface area contributed by atoms with Gasteiger partial charge in [0.05, 0.1) is 0 Å². The molecule has 0 aromatic heterocycles. The molecule has 0 spiro atoms. The number of carbonyl (C=O) groups is 3. The Balaban J connectivity index is 4.22. The van der Waals surface area contributed by atoms with Gasteiger partial charge in [0.1, 0.15) is 12.6 Å². The summed E-state index contributed by atoms with van der Waals surface area (Å²) in [6, 6.07) is 0. The second kappa shape index (κ2) is 41.1. The Hall–Kier alpha value is -2.63. The monoisotopic (exact) mass is 728 g/mol. The van der Waals surface area contributed by atoms with Crippen LogP contribution in [0.25, 0.3) is 0 Å². The third-order valence-electron chi connectivity index (χ3n) is 9.52. The lowest BCUT2D eigenvalue weighted by Gasteiger charge is -2.17. The highest BCUT2D eigenvalue weighted by Crippen LogP contribution is 2.18. The molecule has 6 nitrogen and oxygen atoms in total. The van der Waals surface area contributed by atoms with E-state index in [9.17, 15) is 14.4 Å². The van der Waals surface area contributed by atoms with Crippen LogP contribution >= 0.6 is 0 Å². The van der Waals surface area contributed by atoms with E-state index < -0.39 is 5.97 Å². The van der Waals surface area contributed by atoms with E-state index in [1.165, 1.54) is 96.3 Å². The van der Waals surface area contributed by atoms with Crippen LogP contribution < -0.4 is 5.32 Å². The molecule has 2 N–H and O–H groups in total. The minimum atomic E-state index is -1.02. The van der Waals surface area contributed by atoms with Crippen LogP contribution in [0.15, 0.2) is 48.6 Å². The van der Waals surface area contributed by atoms with E-state index in [0.717, 1.165) is 89.9 Å². The van der Waals surface area contributed by atoms with Gasteiger partial charge in [-0.2, -0.15) is 0 Å². The summed E-state index contributed by atoms with van der Waals surface area (Å²) in [7, 11) is 0. The van der Waals surface area contributed by atoms with Crippen molar-refractivity contribution in [3.63, 3.8) is 0 Å². The number of carboxylic acids is 1. The maximum absolute atomic E-state index is 12.7. The molecule has 1 atom stereocenters. The third-order valence-corrected chi connectivity index (χ3v) is 9.52. The van der Waals surface area contributed by atoms with Gasteiger partial charge in [0.15, 0.2) is 0 Å². The minimum absolute atomic E-state index is 0.0489. The molecular weight excluding hydrogens is 647 g/mol. The van der Waals surface area contributed by atoms with E-state index in [1.807, 2.05) is 0 Å². The number of hydrogen-bond donors (Lipinski definition) is 2. The summed E-state index contributed by atoms with van der Waals surface area (Å²) >= 11 is 0. The molecule has 0 aliphatic heterocycles. The number of carboxylic acid groups (broad SMARTS) is 1. The molecular formula is C46H81NO5. The number of nitrogens with one attached hydrogen (secondary N) is 1. The molecule has 0 aromatic carbocycles. The topological polar surface area (TPSA) is 92.7 Å². The Kier molecular flexibility index (Phi) is 39.1. The van der Waals surface area contributed by atoms with Gasteiger partial charge in [-0.15, -0.1) is 0 Å². The van der Waals surface area contributed by atoms with Crippen molar-refractivity contribution in [3.8, 4) is 0 Å². The van der Waals surface area contributed by atoms with Crippen molar-refractivity contribution in [3.05, 3.63) is 48.6 Å². The van der Waals surface area contributed by atoms with Crippen LogP contribution in [0.5, 0.6) is 0 Å². The number of aliphatic carboxylic acids is 1. The van der Waals surface area contributed by atoms with Crippen LogP contribution in [-0.4, -0.2) is 35.6 Å². The number of ether oxygens (including phenoxy) is 1. The van der Waals surface area contributed by atoms with Crippen molar-refractivity contribution >= 4 is 17.8 Å². The number of unbranched alkanes of at least 4 members (excludes halogenated alkanes) is 20. The molecule has 1 amide bonds. The molecule has 0 aliphatic rings. The molecule has 52 heavy (non-hydrogen) atoms. The molecule has 0 saturated carbocycles. The zero-order chi connectivity index (χ0) is 38.0. The lowest BCUT2D eigenvalue weighted by atomic mass is 10.0. The number of amides is 1. The lowest BCUT2D eigenvalue weighted by molar-refractivity contribution is -0.150. The maximum atomic E-state index is 12.7. The van der Waals surface area contributed by atoms with E-state index in [-0.39, 0.29) is 24.5 Å². The molecule has 0 heterocycles. The van der Waals surface area contributed by atoms with Gasteiger partial charge in [-0.1, -0.05) is 184 Å². The molecule has 0 aliphatic carbocycles. The number of allylic oxidation sites excluding steroid dienone is 8. The Morgan fingerprint density at radius 2 is 0.942 bits per heavy atom. The van der Waals surface area contributed by atoms with Crippen molar-refractivity contribution in [2.75, 3.05) is 6.54 Å². The van der Waals surface area contributed by atoms with Gasteiger partial charge in [0.2, 0.25) is 5.91 Å².